The molecule has 0 atom stereocenters. The van der Waals surface area contributed by atoms with Crippen LogP contribution in [0.15, 0.2) is 41.0 Å². The maximum atomic E-state index is 6.06. The molecule has 0 fully saturated rings. The molecule has 2 rings (SSSR count). The Kier molecular flexibility index (Phi) is 3.46. The van der Waals surface area contributed by atoms with Crippen LogP contribution in [0.25, 0.3) is 0 Å². The van der Waals surface area contributed by atoms with Gasteiger partial charge in [0.05, 0.1) is 5.02 Å². The third-order valence-corrected chi connectivity index (χ3v) is 2.84. The van der Waals surface area contributed by atoms with Crippen LogP contribution < -0.4 is 5.32 Å². The molecule has 0 saturated heterocycles. The van der Waals surface area contributed by atoms with Crippen molar-refractivity contribution in [2.75, 3.05) is 5.32 Å². The summed E-state index contributed by atoms with van der Waals surface area (Å²) in [6.07, 6.45) is 1.71. The summed E-state index contributed by atoms with van der Waals surface area (Å²) < 4.78 is 0.868. The Balaban J connectivity index is 2.23. The molecule has 2 aromatic rings. The Morgan fingerprint density at radius 2 is 1.94 bits per heavy atom. The topological polar surface area (TPSA) is 24.9 Å². The molecule has 0 radical (unpaired) electrons. The fourth-order valence-corrected chi connectivity index (χ4v) is 1.96. The van der Waals surface area contributed by atoms with Gasteiger partial charge in [0.25, 0.3) is 0 Å². The minimum absolute atomic E-state index is 0.593. The van der Waals surface area contributed by atoms with E-state index in [2.05, 4.69) is 33.2 Å². The number of nitrogens with one attached hydrogen (secondary N) is 1. The number of hydrogen-bond acceptors (Lipinski definition) is 2. The molecule has 0 aliphatic carbocycles. The van der Waals surface area contributed by atoms with Gasteiger partial charge in [0.1, 0.15) is 5.82 Å². The summed E-state index contributed by atoms with van der Waals surface area (Å²) in [5.74, 6) is 0.661. The van der Waals surface area contributed by atoms with Gasteiger partial charge in [-0.15, -0.1) is 0 Å². The van der Waals surface area contributed by atoms with E-state index in [9.17, 15) is 0 Å². The molecule has 1 aromatic heterocycles. The highest BCUT2D eigenvalue weighted by Crippen LogP contribution is 2.25. The van der Waals surface area contributed by atoms with Gasteiger partial charge in [-0.25, -0.2) is 4.98 Å². The molecular formula is C12H10BrClN2. The van der Waals surface area contributed by atoms with Crippen molar-refractivity contribution in [2.45, 2.75) is 6.92 Å². The number of anilines is 2. The van der Waals surface area contributed by atoms with Crippen molar-refractivity contribution in [1.82, 2.24) is 4.98 Å². The summed E-state index contributed by atoms with van der Waals surface area (Å²) in [5.41, 5.74) is 2.20. The van der Waals surface area contributed by atoms with Crippen LogP contribution in [0, 0.1) is 6.92 Å². The van der Waals surface area contributed by atoms with Crippen LogP contribution in [0.4, 0.5) is 11.5 Å². The maximum absolute atomic E-state index is 6.06. The molecule has 16 heavy (non-hydrogen) atoms. The summed E-state index contributed by atoms with van der Waals surface area (Å²) >= 11 is 9.37. The van der Waals surface area contributed by atoms with Crippen LogP contribution in [0.1, 0.15) is 5.56 Å². The zero-order chi connectivity index (χ0) is 11.5. The lowest BCUT2D eigenvalue weighted by atomic mass is 10.2. The highest BCUT2D eigenvalue weighted by atomic mass is 79.9. The van der Waals surface area contributed by atoms with E-state index < -0.39 is 0 Å². The van der Waals surface area contributed by atoms with Crippen molar-refractivity contribution in [3.8, 4) is 0 Å². The number of nitrogens with zero attached hydrogens (tertiary/aromatic N) is 1. The quantitative estimate of drug-likeness (QED) is 0.879. The van der Waals surface area contributed by atoms with E-state index in [0.29, 0.717) is 10.8 Å². The fraction of sp³-hybridized carbons (Fsp3) is 0.0833. The summed E-state index contributed by atoms with van der Waals surface area (Å²) in [7, 11) is 0. The summed E-state index contributed by atoms with van der Waals surface area (Å²) in [6.45, 7) is 2.05. The molecule has 2 nitrogen and oxygen atoms in total. The van der Waals surface area contributed by atoms with E-state index in [-0.39, 0.29) is 0 Å². The third kappa shape index (κ3) is 2.74. The number of pyridine rings is 1. The minimum atomic E-state index is 0.593. The highest BCUT2D eigenvalue weighted by Gasteiger charge is 2.02. The average Bonchev–Trinajstić information content (AvgIpc) is 2.25. The van der Waals surface area contributed by atoms with Crippen LogP contribution >= 0.6 is 27.5 Å². The largest absolute Gasteiger partial charge is 0.339 e. The number of aryl methyl sites for hydroxylation is 1. The predicted molar refractivity (Wildman–Crippen MR) is 71.4 cm³/mol. The second-order valence-corrected chi connectivity index (χ2v) is 4.80. The van der Waals surface area contributed by atoms with Crippen molar-refractivity contribution < 1.29 is 0 Å². The van der Waals surface area contributed by atoms with E-state index in [1.807, 2.05) is 30.3 Å². The minimum Gasteiger partial charge on any atom is -0.339 e. The van der Waals surface area contributed by atoms with Gasteiger partial charge in [-0.3, -0.25) is 0 Å². The molecule has 0 aliphatic rings. The van der Waals surface area contributed by atoms with Gasteiger partial charge in [0.2, 0.25) is 0 Å². The zero-order valence-corrected chi connectivity index (χ0v) is 11.0. The molecular weight excluding hydrogens is 288 g/mol. The Bertz CT molecular complexity index is 497. The summed E-state index contributed by atoms with van der Waals surface area (Å²) in [4.78, 5) is 4.21. The monoisotopic (exact) mass is 296 g/mol. The van der Waals surface area contributed by atoms with E-state index >= 15 is 0 Å². The number of hydrogen-bond donors (Lipinski definition) is 1. The first-order chi connectivity index (χ1) is 7.65. The molecule has 0 spiro atoms. The van der Waals surface area contributed by atoms with Gasteiger partial charge in [-0.05, 0) is 41.1 Å². The first kappa shape index (κ1) is 11.4. The van der Waals surface area contributed by atoms with E-state index in [0.717, 1.165) is 10.2 Å². The summed E-state index contributed by atoms with van der Waals surface area (Å²) in [6, 6.07) is 9.88. The molecule has 4 heteroatoms. The smallest absolute Gasteiger partial charge is 0.149 e. The van der Waals surface area contributed by atoms with Crippen molar-refractivity contribution in [3.63, 3.8) is 0 Å². The van der Waals surface area contributed by atoms with Gasteiger partial charge in [0, 0.05) is 16.4 Å². The van der Waals surface area contributed by atoms with Crippen molar-refractivity contribution in [1.29, 1.82) is 0 Å². The zero-order valence-electron chi connectivity index (χ0n) is 8.67. The number of benzene rings is 1. The average molecular weight is 298 g/mol. The van der Waals surface area contributed by atoms with Gasteiger partial charge >= 0.3 is 0 Å². The molecule has 82 valence electrons. The molecule has 1 N–H and O–H groups in total. The lowest BCUT2D eigenvalue weighted by Gasteiger charge is -2.07. The van der Waals surface area contributed by atoms with Crippen LogP contribution in [0.3, 0.4) is 0 Å². The second-order valence-electron chi connectivity index (χ2n) is 3.47. The fourth-order valence-electron chi connectivity index (χ4n) is 1.28. The first-order valence-electron chi connectivity index (χ1n) is 4.80. The molecule has 0 unspecified atom stereocenters. The van der Waals surface area contributed by atoms with E-state index in [1.54, 1.807) is 6.20 Å². The standard InChI is InChI=1S/C12H10BrClN2/c1-8-2-4-10(5-3-8)16-12-11(14)6-9(13)7-15-12/h2-7H,1H3,(H,15,16). The highest BCUT2D eigenvalue weighted by molar-refractivity contribution is 9.10. The predicted octanol–water partition coefficient (Wildman–Crippen LogP) is 4.55. The van der Waals surface area contributed by atoms with E-state index in [4.69, 9.17) is 11.6 Å². The normalized spacial score (nSPS) is 10.2. The van der Waals surface area contributed by atoms with Crippen molar-refractivity contribution >= 4 is 39.0 Å². The summed E-state index contributed by atoms with van der Waals surface area (Å²) in [5, 5.41) is 3.76. The lowest BCUT2D eigenvalue weighted by Crippen LogP contribution is -1.94. The molecule has 0 amide bonds. The van der Waals surface area contributed by atoms with Crippen LogP contribution in [0.5, 0.6) is 0 Å². The van der Waals surface area contributed by atoms with Crippen LogP contribution in [-0.2, 0) is 0 Å². The molecule has 0 saturated carbocycles. The molecule has 0 bridgehead atoms. The maximum Gasteiger partial charge on any atom is 0.149 e. The lowest BCUT2D eigenvalue weighted by molar-refractivity contribution is 1.29. The first-order valence-corrected chi connectivity index (χ1v) is 5.97. The Morgan fingerprint density at radius 1 is 1.25 bits per heavy atom. The number of aromatic nitrogens is 1. The van der Waals surface area contributed by atoms with Crippen LogP contribution in [-0.4, -0.2) is 4.98 Å². The number of rotatable bonds is 2. The number of halogens is 2. The van der Waals surface area contributed by atoms with Gasteiger partial charge in [-0.1, -0.05) is 29.3 Å². The Labute approximate surface area is 108 Å². The SMILES string of the molecule is Cc1ccc(Nc2ncc(Br)cc2Cl)cc1. The second kappa shape index (κ2) is 4.85. The van der Waals surface area contributed by atoms with Crippen molar-refractivity contribution in [3.05, 3.63) is 51.6 Å². The molecule has 1 aromatic carbocycles. The van der Waals surface area contributed by atoms with Gasteiger partial charge < -0.3 is 5.32 Å². The van der Waals surface area contributed by atoms with E-state index in [1.165, 1.54) is 5.56 Å². The molecule has 0 aliphatic heterocycles. The van der Waals surface area contributed by atoms with Gasteiger partial charge in [-0.2, -0.15) is 0 Å². The molecule has 1 heterocycles. The Hall–Kier alpha value is -1.06. The third-order valence-electron chi connectivity index (χ3n) is 2.12. The van der Waals surface area contributed by atoms with Gasteiger partial charge in [0.15, 0.2) is 0 Å². The Morgan fingerprint density at radius 3 is 2.56 bits per heavy atom. The van der Waals surface area contributed by atoms with Crippen molar-refractivity contribution in [2.24, 2.45) is 0 Å². The van der Waals surface area contributed by atoms with Crippen LogP contribution in [0.2, 0.25) is 5.02 Å².